The van der Waals surface area contributed by atoms with Crippen LogP contribution in [-0.2, 0) is 25.9 Å². The average Bonchev–Trinajstić information content (AvgIpc) is 1.97. The van der Waals surface area contributed by atoms with E-state index in [4.69, 9.17) is 19.7 Å². The zero-order chi connectivity index (χ0) is 12.1. The highest BCUT2D eigenvalue weighted by molar-refractivity contribution is 8.08. The van der Waals surface area contributed by atoms with Gasteiger partial charge in [0, 0.05) is 0 Å². The molecule has 0 amide bonds. The Morgan fingerprint density at radius 2 is 2.07 bits per heavy atom. The predicted octanol–water partition coefficient (Wildman–Crippen LogP) is 1.16. The summed E-state index contributed by atoms with van der Waals surface area (Å²) in [5.41, 5.74) is 5.01. The van der Waals surface area contributed by atoms with E-state index < -0.39 is 6.64 Å². The standard InChI is InChI=1S/C8H18NO4PS/c1-8(2,3)6-12-7(10)4-5-13-14(9,11)15/h4-6H2,1-3H3,(H3,9,11,15). The Morgan fingerprint density at radius 3 is 2.47 bits per heavy atom. The van der Waals surface area contributed by atoms with Gasteiger partial charge in [-0.15, -0.1) is 0 Å². The average molecular weight is 255 g/mol. The van der Waals surface area contributed by atoms with Gasteiger partial charge in [0.2, 0.25) is 0 Å². The highest BCUT2D eigenvalue weighted by Gasteiger charge is 2.14. The lowest BCUT2D eigenvalue weighted by Gasteiger charge is -2.17. The van der Waals surface area contributed by atoms with Crippen LogP contribution in [0.2, 0.25) is 0 Å². The number of hydrogen-bond donors (Lipinski definition) is 2. The monoisotopic (exact) mass is 255 g/mol. The van der Waals surface area contributed by atoms with Gasteiger partial charge in [-0.2, -0.15) is 0 Å². The van der Waals surface area contributed by atoms with E-state index in [1.165, 1.54) is 0 Å². The first-order valence-electron chi connectivity index (χ1n) is 4.52. The maximum atomic E-state index is 11.1. The molecule has 0 fully saturated rings. The van der Waals surface area contributed by atoms with E-state index in [0.717, 1.165) is 0 Å². The molecule has 0 aliphatic carbocycles. The molecular formula is C8H18NO4PS. The Kier molecular flexibility index (Phi) is 5.92. The maximum Gasteiger partial charge on any atom is 0.308 e. The summed E-state index contributed by atoms with van der Waals surface area (Å²) >= 11 is 4.43. The molecule has 1 unspecified atom stereocenters. The summed E-state index contributed by atoms with van der Waals surface area (Å²) in [7, 11) is 0. The highest BCUT2D eigenvalue weighted by atomic mass is 32.5. The van der Waals surface area contributed by atoms with Crippen molar-refractivity contribution >= 4 is 24.4 Å². The van der Waals surface area contributed by atoms with E-state index in [0.29, 0.717) is 6.61 Å². The Labute approximate surface area is 95.2 Å². The molecule has 5 nitrogen and oxygen atoms in total. The van der Waals surface area contributed by atoms with Crippen LogP contribution in [0.4, 0.5) is 0 Å². The predicted molar refractivity (Wildman–Crippen MR) is 61.7 cm³/mol. The zero-order valence-electron chi connectivity index (χ0n) is 9.23. The van der Waals surface area contributed by atoms with E-state index >= 15 is 0 Å². The molecule has 0 saturated carbocycles. The Hall–Kier alpha value is -0.0000000000000000833. The first kappa shape index (κ1) is 15.0. The molecule has 0 radical (unpaired) electrons. The third-order valence-electron chi connectivity index (χ3n) is 1.25. The Balaban J connectivity index is 3.64. The van der Waals surface area contributed by atoms with Crippen molar-refractivity contribution in [1.82, 2.24) is 0 Å². The van der Waals surface area contributed by atoms with Gasteiger partial charge in [-0.05, 0) is 17.2 Å². The van der Waals surface area contributed by atoms with Gasteiger partial charge >= 0.3 is 5.97 Å². The molecule has 1 atom stereocenters. The number of ether oxygens (including phenoxy) is 1. The second-order valence-electron chi connectivity index (χ2n) is 4.37. The van der Waals surface area contributed by atoms with Gasteiger partial charge < -0.3 is 14.2 Å². The lowest BCUT2D eigenvalue weighted by molar-refractivity contribution is -0.146. The Bertz CT molecular complexity index is 258. The van der Waals surface area contributed by atoms with Gasteiger partial charge in [-0.1, -0.05) is 20.8 Å². The van der Waals surface area contributed by atoms with Gasteiger partial charge in [-0.25, -0.2) is 0 Å². The topological polar surface area (TPSA) is 81.8 Å². The molecule has 0 aromatic heterocycles. The van der Waals surface area contributed by atoms with E-state index in [-0.39, 0.29) is 24.4 Å². The lowest BCUT2D eigenvalue weighted by atomic mass is 9.99. The zero-order valence-corrected chi connectivity index (χ0v) is 10.9. The highest BCUT2D eigenvalue weighted by Crippen LogP contribution is 2.31. The van der Waals surface area contributed by atoms with Crippen LogP contribution in [0.3, 0.4) is 0 Å². The van der Waals surface area contributed by atoms with Crippen LogP contribution < -0.4 is 5.50 Å². The van der Waals surface area contributed by atoms with Gasteiger partial charge in [0.25, 0.3) is 6.64 Å². The summed E-state index contributed by atoms with van der Waals surface area (Å²) in [4.78, 5) is 20.0. The third-order valence-corrected chi connectivity index (χ3v) is 2.12. The first-order valence-corrected chi connectivity index (χ1v) is 7.26. The molecule has 0 aromatic carbocycles. The molecule has 15 heavy (non-hydrogen) atoms. The summed E-state index contributed by atoms with van der Waals surface area (Å²) in [6.07, 6.45) is 0.0478. The van der Waals surface area contributed by atoms with Crippen molar-refractivity contribution in [2.75, 3.05) is 13.2 Å². The molecular weight excluding hydrogens is 237 g/mol. The molecule has 3 N–H and O–H groups in total. The van der Waals surface area contributed by atoms with Crippen LogP contribution in [0.5, 0.6) is 0 Å². The molecule has 0 aliphatic rings. The van der Waals surface area contributed by atoms with Crippen LogP contribution in [0.25, 0.3) is 0 Å². The number of nitrogens with two attached hydrogens (primary N) is 1. The molecule has 90 valence electrons. The number of hydrogen-bond acceptors (Lipinski definition) is 4. The fraction of sp³-hybridized carbons (Fsp3) is 0.875. The van der Waals surface area contributed by atoms with Crippen molar-refractivity contribution in [1.29, 1.82) is 0 Å². The van der Waals surface area contributed by atoms with Gasteiger partial charge in [-0.3, -0.25) is 10.3 Å². The minimum absolute atomic E-state index is 0.00669. The van der Waals surface area contributed by atoms with Crippen molar-refractivity contribution in [2.45, 2.75) is 27.2 Å². The van der Waals surface area contributed by atoms with Gasteiger partial charge in [0.1, 0.15) is 0 Å². The van der Waals surface area contributed by atoms with E-state index in [1.54, 1.807) is 0 Å². The van der Waals surface area contributed by atoms with Crippen molar-refractivity contribution in [3.8, 4) is 0 Å². The molecule has 0 bridgehead atoms. The maximum absolute atomic E-state index is 11.1. The summed E-state index contributed by atoms with van der Waals surface area (Å²) in [6.45, 7) is 3.08. The van der Waals surface area contributed by atoms with Crippen molar-refractivity contribution < 1.29 is 18.9 Å². The van der Waals surface area contributed by atoms with Crippen molar-refractivity contribution in [3.05, 3.63) is 0 Å². The molecule has 0 spiro atoms. The first-order chi connectivity index (χ1) is 6.60. The second kappa shape index (κ2) is 5.92. The number of carbonyl (C=O) groups is 1. The van der Waals surface area contributed by atoms with Crippen LogP contribution >= 0.6 is 6.64 Å². The van der Waals surface area contributed by atoms with Crippen LogP contribution in [0.15, 0.2) is 0 Å². The van der Waals surface area contributed by atoms with E-state index in [1.807, 2.05) is 20.8 Å². The molecule has 0 aromatic rings. The summed E-state index contributed by atoms with van der Waals surface area (Å²) < 4.78 is 9.65. The van der Waals surface area contributed by atoms with Crippen molar-refractivity contribution in [2.24, 2.45) is 10.9 Å². The second-order valence-corrected chi connectivity index (χ2v) is 7.32. The SMILES string of the molecule is CC(C)(C)COC(=O)CCOP(N)(O)=S. The molecule has 0 rings (SSSR count). The van der Waals surface area contributed by atoms with Gasteiger partial charge in [0.15, 0.2) is 0 Å². The van der Waals surface area contributed by atoms with Crippen LogP contribution in [0, 0.1) is 5.41 Å². The minimum Gasteiger partial charge on any atom is -0.465 e. The van der Waals surface area contributed by atoms with Gasteiger partial charge in [0.05, 0.1) is 19.6 Å². The molecule has 0 aliphatic heterocycles. The van der Waals surface area contributed by atoms with Crippen LogP contribution in [-0.4, -0.2) is 24.1 Å². The van der Waals surface area contributed by atoms with Crippen LogP contribution in [0.1, 0.15) is 27.2 Å². The summed E-state index contributed by atoms with van der Waals surface area (Å²) in [5, 5.41) is 0. The van der Waals surface area contributed by atoms with Crippen molar-refractivity contribution in [3.63, 3.8) is 0 Å². The Morgan fingerprint density at radius 1 is 1.53 bits per heavy atom. The smallest absolute Gasteiger partial charge is 0.308 e. The molecule has 0 saturated heterocycles. The number of esters is 1. The largest absolute Gasteiger partial charge is 0.465 e. The van der Waals surface area contributed by atoms with E-state index in [9.17, 15) is 4.79 Å². The summed E-state index contributed by atoms with van der Waals surface area (Å²) in [5.74, 6) is -0.381. The third kappa shape index (κ3) is 11.9. The number of rotatable bonds is 5. The quantitative estimate of drug-likeness (QED) is 0.566. The number of carbonyl (C=O) groups excluding carboxylic acids is 1. The fourth-order valence-electron chi connectivity index (χ4n) is 0.629. The fourth-order valence-corrected chi connectivity index (χ4v) is 1.21. The molecule has 0 heterocycles. The summed E-state index contributed by atoms with van der Waals surface area (Å²) in [6, 6.07) is 0. The normalized spacial score (nSPS) is 15.8. The molecule has 7 heteroatoms. The van der Waals surface area contributed by atoms with E-state index in [2.05, 4.69) is 11.8 Å². The lowest BCUT2D eigenvalue weighted by Crippen LogP contribution is -2.19. The minimum atomic E-state index is -3.15.